The normalized spacial score (nSPS) is 19.0. The topological polar surface area (TPSA) is 44.5 Å². The summed E-state index contributed by atoms with van der Waals surface area (Å²) < 4.78 is 0. The van der Waals surface area contributed by atoms with Crippen LogP contribution in [0, 0.1) is 0 Å². The minimum atomic E-state index is 0.805. The monoisotopic (exact) mass is 206 g/mol. The summed E-state index contributed by atoms with van der Waals surface area (Å²) in [6.45, 7) is 4.34. The van der Waals surface area contributed by atoms with Crippen molar-refractivity contribution in [1.82, 2.24) is 9.91 Å². The van der Waals surface area contributed by atoms with Gasteiger partial charge in [-0.25, -0.2) is 5.01 Å². The average Bonchev–Trinajstić information content (AvgIpc) is 2.25. The van der Waals surface area contributed by atoms with E-state index in [-0.39, 0.29) is 0 Å². The molecule has 1 aliphatic heterocycles. The van der Waals surface area contributed by atoms with Crippen molar-refractivity contribution in [3.63, 3.8) is 0 Å². The van der Waals surface area contributed by atoms with Gasteiger partial charge < -0.3 is 16.1 Å². The van der Waals surface area contributed by atoms with E-state index in [9.17, 15) is 0 Å². The molecule has 1 aromatic rings. The van der Waals surface area contributed by atoms with Crippen molar-refractivity contribution >= 4 is 11.4 Å². The molecular formula is C11H18N4. The van der Waals surface area contributed by atoms with E-state index in [0.717, 1.165) is 37.6 Å². The molecule has 1 fully saturated rings. The van der Waals surface area contributed by atoms with E-state index in [4.69, 9.17) is 5.73 Å². The van der Waals surface area contributed by atoms with Crippen LogP contribution in [0.3, 0.4) is 0 Å². The first kappa shape index (κ1) is 10.3. The molecule has 15 heavy (non-hydrogen) atoms. The van der Waals surface area contributed by atoms with Crippen molar-refractivity contribution in [1.29, 1.82) is 0 Å². The van der Waals surface area contributed by atoms with Gasteiger partial charge in [-0.3, -0.25) is 0 Å². The number of piperazine rings is 1. The van der Waals surface area contributed by atoms with Crippen molar-refractivity contribution in [2.24, 2.45) is 0 Å². The number of hydrazine groups is 1. The second-order valence-corrected chi connectivity index (χ2v) is 4.02. The summed E-state index contributed by atoms with van der Waals surface area (Å²) in [6, 6.07) is 7.85. The highest BCUT2D eigenvalue weighted by Crippen LogP contribution is 2.12. The van der Waals surface area contributed by atoms with E-state index >= 15 is 0 Å². The maximum Gasteiger partial charge on any atom is 0.0491 e. The van der Waals surface area contributed by atoms with Crippen LogP contribution in [0.5, 0.6) is 0 Å². The van der Waals surface area contributed by atoms with Gasteiger partial charge in [-0.1, -0.05) is 0 Å². The lowest BCUT2D eigenvalue weighted by atomic mass is 10.3. The molecule has 1 aliphatic rings. The molecule has 2 rings (SSSR count). The van der Waals surface area contributed by atoms with Gasteiger partial charge in [0.15, 0.2) is 0 Å². The number of nitrogens with zero attached hydrogens (tertiary/aromatic N) is 2. The second-order valence-electron chi connectivity index (χ2n) is 4.02. The van der Waals surface area contributed by atoms with Crippen molar-refractivity contribution in [2.45, 2.75) is 0 Å². The summed E-state index contributed by atoms with van der Waals surface area (Å²) in [7, 11) is 2.15. The molecule has 4 heteroatoms. The van der Waals surface area contributed by atoms with Crippen molar-refractivity contribution in [3.8, 4) is 0 Å². The number of hydrogen-bond acceptors (Lipinski definition) is 4. The number of nitrogens with two attached hydrogens (primary N) is 1. The zero-order valence-electron chi connectivity index (χ0n) is 9.11. The Balaban J connectivity index is 1.89. The fourth-order valence-corrected chi connectivity index (χ4v) is 1.66. The van der Waals surface area contributed by atoms with Gasteiger partial charge in [0.05, 0.1) is 0 Å². The van der Waals surface area contributed by atoms with Crippen LogP contribution in [0.15, 0.2) is 24.3 Å². The van der Waals surface area contributed by atoms with E-state index in [1.54, 1.807) is 0 Å². The Bertz CT molecular complexity index is 301. The van der Waals surface area contributed by atoms with Crippen molar-refractivity contribution in [3.05, 3.63) is 24.3 Å². The summed E-state index contributed by atoms with van der Waals surface area (Å²) in [5.41, 5.74) is 10.9. The van der Waals surface area contributed by atoms with Gasteiger partial charge in [0.25, 0.3) is 0 Å². The number of benzene rings is 1. The highest BCUT2D eigenvalue weighted by atomic mass is 15.5. The molecule has 82 valence electrons. The summed E-state index contributed by atoms with van der Waals surface area (Å²) in [4.78, 5) is 2.33. The molecular weight excluding hydrogens is 188 g/mol. The SMILES string of the molecule is CN1CCN(Nc2ccc(N)cc2)CC1. The largest absolute Gasteiger partial charge is 0.399 e. The molecule has 0 spiro atoms. The molecule has 3 N–H and O–H groups in total. The zero-order valence-corrected chi connectivity index (χ0v) is 9.11. The van der Waals surface area contributed by atoms with E-state index in [0.29, 0.717) is 0 Å². The highest BCUT2D eigenvalue weighted by Gasteiger charge is 2.12. The maximum atomic E-state index is 5.63. The highest BCUT2D eigenvalue weighted by molar-refractivity contribution is 5.50. The Morgan fingerprint density at radius 2 is 1.67 bits per heavy atom. The second kappa shape index (κ2) is 4.51. The number of rotatable bonds is 2. The molecule has 0 atom stereocenters. The molecule has 1 saturated heterocycles. The molecule has 1 aromatic carbocycles. The summed E-state index contributed by atoms with van der Waals surface area (Å²) in [5, 5.41) is 2.24. The quantitative estimate of drug-likeness (QED) is 0.704. The molecule has 0 aromatic heterocycles. The van der Waals surface area contributed by atoms with Gasteiger partial charge in [-0.15, -0.1) is 0 Å². The third kappa shape index (κ3) is 2.84. The van der Waals surface area contributed by atoms with E-state index in [1.165, 1.54) is 0 Å². The third-order valence-electron chi connectivity index (χ3n) is 2.70. The summed E-state index contributed by atoms with van der Waals surface area (Å²) in [5.74, 6) is 0. The lowest BCUT2D eigenvalue weighted by Crippen LogP contribution is -2.46. The first-order valence-corrected chi connectivity index (χ1v) is 5.30. The van der Waals surface area contributed by atoms with Crippen LogP contribution < -0.4 is 11.2 Å². The van der Waals surface area contributed by atoms with Crippen molar-refractivity contribution < 1.29 is 0 Å². The fraction of sp³-hybridized carbons (Fsp3) is 0.455. The van der Waals surface area contributed by atoms with E-state index in [2.05, 4.69) is 22.4 Å². The van der Waals surface area contributed by atoms with Crippen LogP contribution in [0.25, 0.3) is 0 Å². The van der Waals surface area contributed by atoms with Gasteiger partial charge in [0, 0.05) is 37.6 Å². The smallest absolute Gasteiger partial charge is 0.0491 e. The van der Waals surface area contributed by atoms with Crippen LogP contribution in [0.2, 0.25) is 0 Å². The number of anilines is 2. The van der Waals surface area contributed by atoms with Gasteiger partial charge in [-0.2, -0.15) is 0 Å². The Morgan fingerprint density at radius 1 is 1.07 bits per heavy atom. The van der Waals surface area contributed by atoms with Gasteiger partial charge in [-0.05, 0) is 31.3 Å². The van der Waals surface area contributed by atoms with E-state index in [1.807, 2.05) is 24.3 Å². The predicted molar refractivity (Wildman–Crippen MR) is 63.5 cm³/mol. The van der Waals surface area contributed by atoms with Crippen LogP contribution in [0.4, 0.5) is 11.4 Å². The molecule has 0 saturated carbocycles. The van der Waals surface area contributed by atoms with Crippen LogP contribution in [-0.4, -0.2) is 43.1 Å². The fourth-order valence-electron chi connectivity index (χ4n) is 1.66. The minimum Gasteiger partial charge on any atom is -0.399 e. The number of nitrogen functional groups attached to an aromatic ring is 1. The zero-order chi connectivity index (χ0) is 10.7. The number of nitrogens with one attached hydrogen (secondary N) is 1. The molecule has 0 unspecified atom stereocenters. The first-order valence-electron chi connectivity index (χ1n) is 5.30. The number of likely N-dealkylation sites (N-methyl/N-ethyl adjacent to an activating group) is 1. The van der Waals surface area contributed by atoms with Gasteiger partial charge in [0.1, 0.15) is 0 Å². The molecule has 0 aliphatic carbocycles. The number of hydrogen-bond donors (Lipinski definition) is 2. The van der Waals surface area contributed by atoms with Crippen molar-refractivity contribution in [2.75, 3.05) is 44.4 Å². The molecule has 0 bridgehead atoms. The Kier molecular flexibility index (Phi) is 3.08. The first-order chi connectivity index (χ1) is 7.24. The van der Waals surface area contributed by atoms with Crippen LogP contribution >= 0.6 is 0 Å². The molecule has 0 radical (unpaired) electrons. The predicted octanol–water partition coefficient (Wildman–Crippen LogP) is 0.843. The summed E-state index contributed by atoms with van der Waals surface area (Å²) in [6.07, 6.45) is 0. The third-order valence-corrected chi connectivity index (χ3v) is 2.70. The van der Waals surface area contributed by atoms with Gasteiger partial charge >= 0.3 is 0 Å². The van der Waals surface area contributed by atoms with Crippen LogP contribution in [-0.2, 0) is 0 Å². The Labute approximate surface area is 90.6 Å². The minimum absolute atomic E-state index is 0.805. The van der Waals surface area contributed by atoms with E-state index < -0.39 is 0 Å². The van der Waals surface area contributed by atoms with Gasteiger partial charge in [0.2, 0.25) is 0 Å². The lowest BCUT2D eigenvalue weighted by Gasteiger charge is -2.33. The average molecular weight is 206 g/mol. The summed E-state index contributed by atoms with van der Waals surface area (Å²) >= 11 is 0. The Hall–Kier alpha value is -1.26. The Morgan fingerprint density at radius 3 is 2.27 bits per heavy atom. The standard InChI is InChI=1S/C11H18N4/c1-14-6-8-15(9-7-14)13-11-4-2-10(12)3-5-11/h2-5,13H,6-9,12H2,1H3. The van der Waals surface area contributed by atoms with Crippen LogP contribution in [0.1, 0.15) is 0 Å². The molecule has 4 nitrogen and oxygen atoms in total. The molecule has 0 amide bonds. The maximum absolute atomic E-state index is 5.63. The lowest BCUT2D eigenvalue weighted by molar-refractivity contribution is 0.179. The molecule has 1 heterocycles.